The van der Waals surface area contributed by atoms with Gasteiger partial charge in [0.1, 0.15) is 52.5 Å². The molecule has 7 heterocycles. The Morgan fingerprint density at radius 1 is 0.873 bits per heavy atom. The van der Waals surface area contributed by atoms with Crippen LogP contribution in [0.3, 0.4) is 0 Å². The van der Waals surface area contributed by atoms with Crippen LogP contribution in [-0.4, -0.2) is 196 Å². The molecule has 3 fully saturated rings. The van der Waals surface area contributed by atoms with E-state index in [1.165, 1.54) is 6.33 Å². The van der Waals surface area contributed by atoms with Crippen LogP contribution in [-0.2, 0) is 25.6 Å². The number of piperidine rings is 2. The molecule has 0 unspecified atom stereocenters. The quantitative estimate of drug-likeness (QED) is 0.0653. The maximum atomic E-state index is 14.7. The number of ether oxygens (including phenoxy) is 3. The summed E-state index contributed by atoms with van der Waals surface area (Å²) in [5, 5.41) is 10.8. The molecule has 0 saturated carbocycles. The minimum absolute atomic E-state index is 0.0399. The minimum Gasteiger partial charge on any atom is -0.492 e. The second kappa shape index (κ2) is 25.9. The van der Waals surface area contributed by atoms with E-state index in [4.69, 9.17) is 25.8 Å². The zero-order chi connectivity index (χ0) is 55.5. The number of rotatable bonds is 21. The molecule has 22 heteroatoms. The summed E-state index contributed by atoms with van der Waals surface area (Å²) in [4.78, 5) is 86.9. The molecule has 1 atom stereocenters. The highest BCUT2D eigenvalue weighted by Crippen LogP contribution is 2.32. The van der Waals surface area contributed by atoms with Crippen LogP contribution in [0.1, 0.15) is 80.5 Å². The third-order valence-electron chi connectivity index (χ3n) is 14.9. The molecule has 4 N–H and O–H groups in total. The number of halogens is 1. The van der Waals surface area contributed by atoms with E-state index in [1.54, 1.807) is 33.2 Å². The van der Waals surface area contributed by atoms with E-state index in [-0.39, 0.29) is 29.9 Å². The number of piperazine rings is 1. The highest BCUT2D eigenvalue weighted by atomic mass is 35.5. The van der Waals surface area contributed by atoms with Crippen molar-refractivity contribution in [3.8, 4) is 5.75 Å². The number of fused-ring (bicyclic) bond motifs is 2. The number of likely N-dealkylation sites (tertiary alicyclic amines) is 1. The molecule has 0 radical (unpaired) electrons. The van der Waals surface area contributed by atoms with Crippen LogP contribution in [0, 0.1) is 0 Å². The lowest BCUT2D eigenvalue weighted by Gasteiger charge is -2.42. The summed E-state index contributed by atoms with van der Waals surface area (Å²) in [6.45, 7) is 14.0. The summed E-state index contributed by atoms with van der Waals surface area (Å²) in [7, 11) is 4.02. The van der Waals surface area contributed by atoms with Crippen molar-refractivity contribution in [3.05, 3.63) is 107 Å². The van der Waals surface area contributed by atoms with Crippen molar-refractivity contribution in [2.45, 2.75) is 82.7 Å². The van der Waals surface area contributed by atoms with Gasteiger partial charge >= 0.3 is 6.09 Å². The summed E-state index contributed by atoms with van der Waals surface area (Å²) < 4.78 is 19.9. The Balaban J connectivity index is 0.708. The van der Waals surface area contributed by atoms with Gasteiger partial charge in [-0.05, 0) is 109 Å². The number of hydrogen-bond acceptors (Lipinski definition) is 15. The van der Waals surface area contributed by atoms with Gasteiger partial charge in [0.2, 0.25) is 11.8 Å². The summed E-state index contributed by atoms with van der Waals surface area (Å²) in [5.41, 5.74) is 2.24. The van der Waals surface area contributed by atoms with Crippen LogP contribution in [0.4, 0.5) is 10.6 Å². The highest BCUT2D eigenvalue weighted by molar-refractivity contribution is 6.30. The van der Waals surface area contributed by atoms with E-state index in [9.17, 15) is 19.2 Å². The first-order valence-electron chi connectivity index (χ1n) is 27.5. The van der Waals surface area contributed by atoms with Gasteiger partial charge < -0.3 is 54.4 Å². The lowest BCUT2D eigenvalue weighted by atomic mass is 9.85. The molecule has 79 heavy (non-hydrogen) atoms. The number of amides is 4. The average Bonchev–Trinajstić information content (AvgIpc) is 4.16. The lowest BCUT2D eigenvalue weighted by Crippen LogP contribution is -2.64. The fraction of sp³-hybridized carbons (Fsp3) is 0.509. The van der Waals surface area contributed by atoms with Crippen molar-refractivity contribution >= 4 is 63.4 Å². The van der Waals surface area contributed by atoms with Crippen molar-refractivity contribution in [2.75, 3.05) is 111 Å². The number of imidazole rings is 1. The first-order valence-corrected chi connectivity index (χ1v) is 27.9. The van der Waals surface area contributed by atoms with Gasteiger partial charge in [-0.3, -0.25) is 24.2 Å². The monoisotopic (exact) mass is 1100 g/mol. The van der Waals surface area contributed by atoms with Crippen LogP contribution in [0.15, 0.2) is 85.6 Å². The van der Waals surface area contributed by atoms with Crippen LogP contribution >= 0.6 is 11.6 Å². The Kier molecular flexibility index (Phi) is 18.6. The molecule has 0 bridgehead atoms. The molecule has 3 aliphatic rings. The van der Waals surface area contributed by atoms with Gasteiger partial charge in [-0.2, -0.15) is 0 Å². The molecule has 422 valence electrons. The number of para-hydroxylation sites is 1. The number of nitrogens with one attached hydrogen (secondary N) is 4. The molecule has 4 amide bonds. The number of anilines is 1. The number of alkyl carbamates (subject to hydrolysis) is 1. The van der Waals surface area contributed by atoms with E-state index in [2.05, 4.69) is 60.5 Å². The smallest absolute Gasteiger partial charge is 0.408 e. The third-order valence-corrected chi connectivity index (χ3v) is 15.2. The van der Waals surface area contributed by atoms with E-state index in [0.29, 0.717) is 120 Å². The number of aromatic nitrogens is 6. The number of nitrogens with zero attached hydrogens (tertiary/aromatic N) is 10. The molecular weight excluding hydrogens is 1030 g/mol. The molecule has 0 aliphatic carbocycles. The average molecular weight is 1100 g/mol. The third kappa shape index (κ3) is 15.1. The van der Waals surface area contributed by atoms with Gasteiger partial charge in [-0.1, -0.05) is 41.9 Å². The predicted molar refractivity (Wildman–Crippen MR) is 302 cm³/mol. The number of H-pyrrole nitrogens is 1. The maximum absolute atomic E-state index is 14.7. The number of carbonyl (C=O) groups is 4. The first-order chi connectivity index (χ1) is 38.1. The number of pyridine rings is 1. The molecule has 3 saturated heterocycles. The normalized spacial score (nSPS) is 17.0. The maximum Gasteiger partial charge on any atom is 0.408 e. The lowest BCUT2D eigenvalue weighted by molar-refractivity contribution is -0.135. The van der Waals surface area contributed by atoms with E-state index >= 15 is 0 Å². The van der Waals surface area contributed by atoms with Gasteiger partial charge in [-0.25, -0.2) is 24.7 Å². The Hall–Kier alpha value is -6.91. The number of carbonyl (C=O) groups excluding carboxylic acids is 4. The molecular formula is C57H75ClN14O7. The Morgan fingerprint density at radius 2 is 1.63 bits per heavy atom. The number of benzene rings is 2. The Labute approximate surface area is 466 Å². The highest BCUT2D eigenvalue weighted by Gasteiger charge is 2.45. The zero-order valence-electron chi connectivity index (χ0n) is 46.1. The summed E-state index contributed by atoms with van der Waals surface area (Å²) in [6, 6.07) is 20.5. The second-order valence-corrected chi connectivity index (χ2v) is 22.4. The van der Waals surface area contributed by atoms with Crippen LogP contribution < -0.4 is 25.6 Å². The Morgan fingerprint density at radius 3 is 2.38 bits per heavy atom. The van der Waals surface area contributed by atoms with Crippen molar-refractivity contribution < 1.29 is 33.4 Å². The number of hydrogen-bond donors (Lipinski definition) is 4. The van der Waals surface area contributed by atoms with Gasteiger partial charge in [-0.15, -0.1) is 0 Å². The topological polar surface area (TPSA) is 221 Å². The SMILES string of the molecule is CN(C)CCOc1ccccc1Cn1cnc2ccc(C(=O)NCCOC3CCN(CC(=O)N4CCN(CC[C@H](NC(=O)C5(NC(=O)OC(C)(C)C)CCN(c6ncnc7[nH]ccc67)CC5)c5ccc(Cl)cc5)CC4)CC3)nc21. The summed E-state index contributed by atoms with van der Waals surface area (Å²) in [6.07, 6.45) is 7.31. The minimum atomic E-state index is -1.25. The van der Waals surface area contributed by atoms with Crippen LogP contribution in [0.5, 0.6) is 5.75 Å². The first kappa shape index (κ1) is 56.8. The standard InChI is InChI=1S/C57H75ClN14O7/c1-56(2,3)79-55(76)66-57(20-27-71(28-21-57)51-44-16-22-59-50(44)61-38-62-51)54(75)65-45(40-10-12-42(58)13-11-40)19-26-68-29-31-70(32-30-68)49(73)37-69-24-17-43(18-25-69)77-34-23-60-53(74)47-15-14-46-52(64-47)72(39-63-46)36-41-8-6-7-9-48(41)78-35-33-67(4)5/h6-16,22,38-39,43,45H,17-21,23-37H2,1-5H3,(H,60,74)(H,65,75)(H,66,76)(H,59,61,62)/t45-/m0/s1. The molecule has 4 aromatic heterocycles. The fourth-order valence-corrected chi connectivity index (χ4v) is 10.6. The molecule has 0 spiro atoms. The molecule has 6 aromatic rings. The van der Waals surface area contributed by atoms with Gasteiger partial charge in [0.25, 0.3) is 5.91 Å². The van der Waals surface area contributed by atoms with E-state index in [1.807, 2.05) is 90.4 Å². The molecule has 2 aromatic carbocycles. The number of aromatic amines is 1. The largest absolute Gasteiger partial charge is 0.492 e. The van der Waals surface area contributed by atoms with Crippen molar-refractivity contribution in [1.29, 1.82) is 0 Å². The zero-order valence-corrected chi connectivity index (χ0v) is 46.8. The Bertz CT molecular complexity index is 3010. The second-order valence-electron chi connectivity index (χ2n) is 22.0. The van der Waals surface area contributed by atoms with Gasteiger partial charge in [0.15, 0.2) is 5.65 Å². The van der Waals surface area contributed by atoms with Crippen LogP contribution in [0.25, 0.3) is 22.2 Å². The van der Waals surface area contributed by atoms with Crippen molar-refractivity contribution in [1.82, 2.24) is 65.0 Å². The van der Waals surface area contributed by atoms with E-state index in [0.717, 1.165) is 66.2 Å². The van der Waals surface area contributed by atoms with E-state index < -0.39 is 17.2 Å². The summed E-state index contributed by atoms with van der Waals surface area (Å²) in [5.74, 6) is 1.13. The molecule has 21 nitrogen and oxygen atoms in total. The van der Waals surface area contributed by atoms with Crippen LogP contribution in [0.2, 0.25) is 5.02 Å². The van der Waals surface area contributed by atoms with Gasteiger partial charge in [0, 0.05) is 88.8 Å². The van der Waals surface area contributed by atoms with Crippen molar-refractivity contribution in [2.24, 2.45) is 0 Å². The van der Waals surface area contributed by atoms with Gasteiger partial charge in [0.05, 0.1) is 43.6 Å². The molecule has 3 aliphatic heterocycles. The summed E-state index contributed by atoms with van der Waals surface area (Å²) >= 11 is 6.33. The molecule has 9 rings (SSSR count). The van der Waals surface area contributed by atoms with Crippen molar-refractivity contribution in [3.63, 3.8) is 0 Å². The number of likely N-dealkylation sites (N-methyl/N-ethyl adjacent to an activating group) is 1. The fourth-order valence-electron chi connectivity index (χ4n) is 10.4. The predicted octanol–water partition coefficient (Wildman–Crippen LogP) is 5.51.